The van der Waals surface area contributed by atoms with E-state index in [1.165, 1.54) is 18.2 Å². The lowest BCUT2D eigenvalue weighted by Gasteiger charge is -2.31. The molecule has 0 bridgehead atoms. The van der Waals surface area contributed by atoms with Crippen LogP contribution in [0.1, 0.15) is 37.3 Å². The van der Waals surface area contributed by atoms with Crippen LogP contribution in [0.4, 0.5) is 10.1 Å². The Morgan fingerprint density at radius 3 is 2.60 bits per heavy atom. The average molecular weight is 408 g/mol. The van der Waals surface area contributed by atoms with Gasteiger partial charge in [0.15, 0.2) is 11.5 Å². The molecule has 1 saturated carbocycles. The molecule has 1 atom stereocenters. The third-order valence-corrected chi connectivity index (χ3v) is 5.38. The second-order valence-electron chi connectivity index (χ2n) is 7.27. The molecular formula is C23H21FN2O4. The predicted molar refractivity (Wildman–Crippen MR) is 108 cm³/mol. The highest BCUT2D eigenvalue weighted by Gasteiger charge is 2.36. The first kappa shape index (κ1) is 19.8. The normalized spacial score (nSPS) is 16.0. The van der Waals surface area contributed by atoms with Gasteiger partial charge in [-0.1, -0.05) is 31.0 Å². The lowest BCUT2D eigenvalue weighted by Crippen LogP contribution is -2.46. The van der Waals surface area contributed by atoms with Crippen molar-refractivity contribution >= 4 is 17.5 Å². The van der Waals surface area contributed by atoms with Crippen molar-refractivity contribution in [2.75, 3.05) is 11.7 Å². The highest BCUT2D eigenvalue weighted by molar-refractivity contribution is 6.09. The van der Waals surface area contributed by atoms with Crippen LogP contribution in [0.25, 0.3) is 0 Å². The van der Waals surface area contributed by atoms with E-state index < -0.39 is 23.7 Å². The number of carbonyl (C=O) groups excluding carboxylic acids is 2. The second-order valence-corrected chi connectivity index (χ2v) is 7.27. The Morgan fingerprint density at radius 2 is 1.87 bits per heavy atom. The van der Waals surface area contributed by atoms with Crippen molar-refractivity contribution in [1.82, 2.24) is 5.32 Å². The summed E-state index contributed by atoms with van der Waals surface area (Å²) in [7, 11) is 0. The van der Waals surface area contributed by atoms with Gasteiger partial charge in [-0.2, -0.15) is 0 Å². The smallest absolute Gasteiger partial charge is 0.303 e. The average Bonchev–Trinajstić information content (AvgIpc) is 3.43. The van der Waals surface area contributed by atoms with Gasteiger partial charge in [0.05, 0.1) is 0 Å². The molecular weight excluding hydrogens is 387 g/mol. The minimum absolute atomic E-state index is 0.00804. The summed E-state index contributed by atoms with van der Waals surface area (Å²) in [5.41, 5.74) is 0.381. The zero-order valence-corrected chi connectivity index (χ0v) is 16.3. The SMILES string of the molecule is C#CC(=O)N(c1ccc2c(c1)OCO2)[C@@H](C(=O)NC1CCCC1)c1ccccc1F. The lowest BCUT2D eigenvalue weighted by molar-refractivity contribution is -0.125. The van der Waals surface area contributed by atoms with Gasteiger partial charge in [0.2, 0.25) is 12.7 Å². The van der Waals surface area contributed by atoms with Crippen molar-refractivity contribution < 1.29 is 23.5 Å². The molecule has 1 aliphatic carbocycles. The van der Waals surface area contributed by atoms with Crippen molar-refractivity contribution in [3.8, 4) is 23.8 Å². The van der Waals surface area contributed by atoms with Gasteiger partial charge in [-0.25, -0.2) is 4.39 Å². The predicted octanol–water partition coefficient (Wildman–Crippen LogP) is 3.32. The van der Waals surface area contributed by atoms with Gasteiger partial charge in [0.1, 0.15) is 11.9 Å². The molecule has 0 aromatic heterocycles. The van der Waals surface area contributed by atoms with Gasteiger partial charge < -0.3 is 14.8 Å². The molecule has 1 aliphatic heterocycles. The van der Waals surface area contributed by atoms with Crippen LogP contribution in [0.5, 0.6) is 11.5 Å². The fraction of sp³-hybridized carbons (Fsp3) is 0.304. The van der Waals surface area contributed by atoms with E-state index in [4.69, 9.17) is 15.9 Å². The van der Waals surface area contributed by atoms with Crippen molar-refractivity contribution in [3.05, 3.63) is 53.8 Å². The Bertz CT molecular complexity index is 1010. The van der Waals surface area contributed by atoms with Crippen LogP contribution in [0.15, 0.2) is 42.5 Å². The number of hydrogen-bond acceptors (Lipinski definition) is 4. The maximum absolute atomic E-state index is 14.8. The van der Waals surface area contributed by atoms with Crippen LogP contribution in [0.3, 0.4) is 0 Å². The summed E-state index contributed by atoms with van der Waals surface area (Å²) in [5.74, 6) is 1.17. The topological polar surface area (TPSA) is 67.9 Å². The number of benzene rings is 2. The Balaban J connectivity index is 1.78. The van der Waals surface area contributed by atoms with E-state index in [0.29, 0.717) is 17.2 Å². The van der Waals surface area contributed by atoms with Crippen molar-refractivity contribution in [1.29, 1.82) is 0 Å². The van der Waals surface area contributed by atoms with Crippen LogP contribution in [0, 0.1) is 18.2 Å². The molecule has 0 radical (unpaired) electrons. The summed E-state index contributed by atoms with van der Waals surface area (Å²) in [5, 5.41) is 2.96. The second kappa shape index (κ2) is 8.46. The van der Waals surface area contributed by atoms with Gasteiger partial charge in [-0.05, 0) is 37.0 Å². The number of fused-ring (bicyclic) bond motifs is 1. The van der Waals surface area contributed by atoms with Crippen LogP contribution < -0.4 is 19.7 Å². The Labute approximate surface area is 174 Å². The van der Waals surface area contributed by atoms with E-state index in [1.54, 1.807) is 24.3 Å². The molecule has 1 N–H and O–H groups in total. The molecule has 1 fully saturated rings. The molecule has 4 rings (SSSR count). The molecule has 0 saturated heterocycles. The highest BCUT2D eigenvalue weighted by Crippen LogP contribution is 2.38. The fourth-order valence-corrected chi connectivity index (χ4v) is 3.93. The number of amides is 2. The summed E-state index contributed by atoms with van der Waals surface area (Å²) < 4.78 is 25.5. The monoisotopic (exact) mass is 408 g/mol. The lowest BCUT2D eigenvalue weighted by atomic mass is 10.0. The third kappa shape index (κ3) is 3.81. The number of hydrogen-bond donors (Lipinski definition) is 1. The standard InChI is InChI=1S/C23H21FN2O4/c1-2-21(27)26(16-11-12-19-20(13-16)30-14-29-19)22(17-9-5-6-10-18(17)24)23(28)25-15-7-3-4-8-15/h1,5-6,9-13,15,22H,3-4,7-8,14H2,(H,25,28)/t22-/m1/s1. The van der Waals surface area contributed by atoms with E-state index in [-0.39, 0.29) is 18.4 Å². The molecule has 2 amide bonds. The molecule has 30 heavy (non-hydrogen) atoms. The maximum atomic E-state index is 14.8. The fourth-order valence-electron chi connectivity index (χ4n) is 3.93. The van der Waals surface area contributed by atoms with E-state index in [0.717, 1.165) is 30.6 Å². The molecule has 7 heteroatoms. The minimum Gasteiger partial charge on any atom is -0.454 e. The van der Waals surface area contributed by atoms with Crippen LogP contribution in [-0.4, -0.2) is 24.6 Å². The first-order valence-corrected chi connectivity index (χ1v) is 9.82. The summed E-state index contributed by atoms with van der Waals surface area (Å²) in [6.07, 6.45) is 9.15. The van der Waals surface area contributed by atoms with Gasteiger partial charge in [0, 0.05) is 23.4 Å². The summed E-state index contributed by atoms with van der Waals surface area (Å²) >= 11 is 0. The number of carbonyl (C=O) groups is 2. The van der Waals surface area contributed by atoms with Crippen LogP contribution >= 0.6 is 0 Å². The van der Waals surface area contributed by atoms with E-state index in [1.807, 2.05) is 0 Å². The van der Waals surface area contributed by atoms with Gasteiger partial charge in [0.25, 0.3) is 0 Å². The number of anilines is 1. The number of terminal acetylenes is 1. The first-order valence-electron chi connectivity index (χ1n) is 9.82. The van der Waals surface area contributed by atoms with Gasteiger partial charge in [-0.3, -0.25) is 14.5 Å². The molecule has 0 unspecified atom stereocenters. The summed E-state index contributed by atoms with van der Waals surface area (Å²) in [6, 6.07) is 9.39. The number of rotatable bonds is 5. The van der Waals surface area contributed by atoms with E-state index >= 15 is 0 Å². The minimum atomic E-state index is -1.27. The Morgan fingerprint density at radius 1 is 1.13 bits per heavy atom. The zero-order chi connectivity index (χ0) is 21.1. The van der Waals surface area contributed by atoms with Crippen molar-refractivity contribution in [2.45, 2.75) is 37.8 Å². The van der Waals surface area contributed by atoms with E-state index in [2.05, 4.69) is 11.2 Å². The number of ether oxygens (including phenoxy) is 2. The largest absolute Gasteiger partial charge is 0.454 e. The van der Waals surface area contributed by atoms with Gasteiger partial charge in [-0.15, -0.1) is 6.42 Å². The quantitative estimate of drug-likeness (QED) is 0.771. The first-order chi connectivity index (χ1) is 14.6. The van der Waals surface area contributed by atoms with Gasteiger partial charge >= 0.3 is 5.91 Å². The van der Waals surface area contributed by atoms with Crippen LogP contribution in [0.2, 0.25) is 0 Å². The van der Waals surface area contributed by atoms with Crippen molar-refractivity contribution in [3.63, 3.8) is 0 Å². The number of nitrogens with zero attached hydrogens (tertiary/aromatic N) is 1. The number of halogens is 1. The highest BCUT2D eigenvalue weighted by atomic mass is 19.1. The molecule has 6 nitrogen and oxygen atoms in total. The maximum Gasteiger partial charge on any atom is 0.303 e. The zero-order valence-electron chi connectivity index (χ0n) is 16.3. The third-order valence-electron chi connectivity index (χ3n) is 5.38. The Kier molecular flexibility index (Phi) is 5.57. The molecule has 1 heterocycles. The van der Waals surface area contributed by atoms with Crippen molar-refractivity contribution in [2.24, 2.45) is 0 Å². The number of nitrogens with one attached hydrogen (secondary N) is 1. The van der Waals surface area contributed by atoms with Crippen LogP contribution in [-0.2, 0) is 9.59 Å². The summed E-state index contributed by atoms with van der Waals surface area (Å²) in [4.78, 5) is 27.2. The van der Waals surface area contributed by atoms with E-state index in [9.17, 15) is 14.0 Å². The summed E-state index contributed by atoms with van der Waals surface area (Å²) in [6.45, 7) is 0.0563. The molecule has 2 aromatic carbocycles. The Hall–Kier alpha value is -3.53. The molecule has 2 aromatic rings. The molecule has 154 valence electrons. The molecule has 0 spiro atoms. The molecule has 2 aliphatic rings.